The molecule has 2 aliphatic rings. The molecule has 0 aliphatic heterocycles. The van der Waals surface area contributed by atoms with Crippen molar-refractivity contribution >= 4 is 33.5 Å². The molecule has 8 nitrogen and oxygen atoms in total. The van der Waals surface area contributed by atoms with Crippen molar-refractivity contribution in [1.82, 2.24) is 14.6 Å². The molecule has 0 saturated heterocycles. The van der Waals surface area contributed by atoms with Crippen molar-refractivity contribution in [3.05, 3.63) is 40.0 Å². The van der Waals surface area contributed by atoms with Crippen LogP contribution in [0.15, 0.2) is 23.1 Å². The van der Waals surface area contributed by atoms with E-state index in [0.29, 0.717) is 42.3 Å². The second kappa shape index (κ2) is 12.0. The first kappa shape index (κ1) is 31.4. The summed E-state index contributed by atoms with van der Waals surface area (Å²) in [6.45, 7) is 7.20. The molecule has 3 N–H and O–H groups in total. The van der Waals surface area contributed by atoms with E-state index in [0.717, 1.165) is 32.1 Å². The largest absolute Gasteiger partial charge is 0.481 e. The summed E-state index contributed by atoms with van der Waals surface area (Å²) in [6, 6.07) is 3.84. The van der Waals surface area contributed by atoms with E-state index in [2.05, 4.69) is 10.0 Å². The van der Waals surface area contributed by atoms with Crippen molar-refractivity contribution in [2.24, 2.45) is 11.8 Å². The van der Waals surface area contributed by atoms with Crippen LogP contribution >= 0.6 is 11.6 Å². The highest BCUT2D eigenvalue weighted by atomic mass is 35.5. The third-order valence-corrected chi connectivity index (χ3v) is 10.3. The molecule has 1 aromatic heterocycles. The van der Waals surface area contributed by atoms with Crippen LogP contribution in [-0.4, -0.2) is 41.5 Å². The van der Waals surface area contributed by atoms with Gasteiger partial charge in [-0.2, -0.15) is 0 Å². The number of carboxylic acid groups (broad SMARTS) is 1. The van der Waals surface area contributed by atoms with Gasteiger partial charge in [0.25, 0.3) is 12.3 Å². The highest BCUT2D eigenvalue weighted by Crippen LogP contribution is 2.42. The van der Waals surface area contributed by atoms with E-state index in [4.69, 9.17) is 16.7 Å². The average molecular weight is 614 g/mol. The van der Waals surface area contributed by atoms with Crippen LogP contribution in [0.5, 0.6) is 0 Å². The Labute approximate surface area is 244 Å². The number of nitrogens with zero attached hydrogens (tertiary/aromatic N) is 1. The van der Waals surface area contributed by atoms with Crippen molar-refractivity contribution in [3.8, 4) is 11.3 Å². The summed E-state index contributed by atoms with van der Waals surface area (Å²) in [6.07, 6.45) is 2.83. The summed E-state index contributed by atoms with van der Waals surface area (Å²) in [5, 5.41) is 11.5. The fourth-order valence-electron chi connectivity index (χ4n) is 5.84. The second-order valence-corrected chi connectivity index (χ2v) is 14.3. The first-order valence-electron chi connectivity index (χ1n) is 14.0. The van der Waals surface area contributed by atoms with Gasteiger partial charge >= 0.3 is 5.97 Å². The highest BCUT2D eigenvalue weighted by molar-refractivity contribution is 7.89. The van der Waals surface area contributed by atoms with E-state index in [1.807, 2.05) is 4.57 Å². The lowest BCUT2D eigenvalue weighted by atomic mass is 9.80. The van der Waals surface area contributed by atoms with Crippen molar-refractivity contribution in [1.29, 1.82) is 0 Å². The van der Waals surface area contributed by atoms with Gasteiger partial charge in [-0.3, -0.25) is 9.59 Å². The molecule has 0 unspecified atom stereocenters. The lowest BCUT2D eigenvalue weighted by Gasteiger charge is -2.32. The molecule has 2 aliphatic carbocycles. The molecular weight excluding hydrogens is 576 g/mol. The standard InChI is InChI=1S/C29H38ClF2N3O5S/c1-16-21(27(36)33-19-12-18(13-19)28(37)38)14-22(35(16)15-17-8-6-5-7-9-17)20-10-11-23(25(30)24(20)26(31)32)41(39,40)34-29(2,3)4/h10-11,14,17-19,26,34H,5-9,12-13,15H2,1-4H3,(H,33,36)(H,37,38). The molecular formula is C29H38ClF2N3O5S. The number of benzene rings is 1. The molecule has 12 heteroatoms. The summed E-state index contributed by atoms with van der Waals surface area (Å²) >= 11 is 6.42. The Kier molecular flexibility index (Phi) is 9.21. The van der Waals surface area contributed by atoms with Crippen LogP contribution in [0.25, 0.3) is 11.3 Å². The van der Waals surface area contributed by atoms with Gasteiger partial charge < -0.3 is 15.0 Å². The number of rotatable bonds is 9. The zero-order chi connectivity index (χ0) is 30.3. The van der Waals surface area contributed by atoms with E-state index >= 15 is 0 Å². The number of hydrogen-bond donors (Lipinski definition) is 3. The monoisotopic (exact) mass is 613 g/mol. The lowest BCUT2D eigenvalue weighted by Crippen LogP contribution is -2.46. The van der Waals surface area contributed by atoms with Crippen LogP contribution in [-0.2, 0) is 21.4 Å². The predicted molar refractivity (Wildman–Crippen MR) is 153 cm³/mol. The maximum Gasteiger partial charge on any atom is 0.306 e. The van der Waals surface area contributed by atoms with Crippen LogP contribution < -0.4 is 10.0 Å². The van der Waals surface area contributed by atoms with E-state index < -0.39 is 55.3 Å². The molecule has 2 saturated carbocycles. The minimum absolute atomic E-state index is 0.0623. The SMILES string of the molecule is Cc1c(C(=O)NC2CC(C(=O)O)C2)cc(-c2ccc(S(=O)(=O)NC(C)(C)C)c(Cl)c2C(F)F)n1CC1CCCCC1. The first-order valence-corrected chi connectivity index (χ1v) is 15.8. The van der Waals surface area contributed by atoms with Crippen molar-refractivity contribution in [2.75, 3.05) is 0 Å². The molecule has 0 radical (unpaired) electrons. The molecule has 2 fully saturated rings. The van der Waals surface area contributed by atoms with Gasteiger partial charge in [-0.15, -0.1) is 0 Å². The fourth-order valence-corrected chi connectivity index (χ4v) is 7.90. The number of aliphatic carboxylic acids is 1. The van der Waals surface area contributed by atoms with Crippen LogP contribution in [0.4, 0.5) is 8.78 Å². The first-order chi connectivity index (χ1) is 19.1. The van der Waals surface area contributed by atoms with Gasteiger partial charge in [0.1, 0.15) is 4.90 Å². The number of sulfonamides is 1. The second-order valence-electron chi connectivity index (χ2n) is 12.3. The number of carbonyl (C=O) groups excluding carboxylic acids is 1. The molecule has 1 amide bonds. The number of nitrogens with one attached hydrogen (secondary N) is 2. The Morgan fingerprint density at radius 1 is 1.15 bits per heavy atom. The Hall–Kier alpha value is -2.50. The third kappa shape index (κ3) is 6.94. The number of carboxylic acids is 1. The average Bonchev–Trinajstić information content (AvgIpc) is 3.15. The fraction of sp³-hybridized carbons (Fsp3) is 0.586. The molecule has 41 heavy (non-hydrogen) atoms. The van der Waals surface area contributed by atoms with E-state index in [1.165, 1.54) is 12.1 Å². The molecule has 226 valence electrons. The summed E-state index contributed by atoms with van der Waals surface area (Å²) < 4.78 is 59.6. The molecule has 0 spiro atoms. The minimum atomic E-state index is -4.20. The van der Waals surface area contributed by atoms with Gasteiger partial charge in [0.05, 0.1) is 16.5 Å². The van der Waals surface area contributed by atoms with Crippen LogP contribution in [0, 0.1) is 18.8 Å². The molecule has 2 aromatic rings. The van der Waals surface area contributed by atoms with E-state index in [9.17, 15) is 26.8 Å². The number of alkyl halides is 2. The third-order valence-electron chi connectivity index (χ3n) is 7.97. The summed E-state index contributed by atoms with van der Waals surface area (Å²) in [5.74, 6) is -1.50. The van der Waals surface area contributed by atoms with Gasteiger partial charge in [0.15, 0.2) is 0 Å². The Morgan fingerprint density at radius 3 is 2.34 bits per heavy atom. The van der Waals surface area contributed by atoms with Crippen molar-refractivity contribution < 1.29 is 31.9 Å². The van der Waals surface area contributed by atoms with Gasteiger partial charge in [0, 0.05) is 40.6 Å². The number of aromatic nitrogens is 1. The molecule has 1 aromatic carbocycles. The predicted octanol–water partition coefficient (Wildman–Crippen LogP) is 6.30. The van der Waals surface area contributed by atoms with Crippen molar-refractivity contribution in [2.45, 2.75) is 102 Å². The summed E-state index contributed by atoms with van der Waals surface area (Å²) in [7, 11) is -4.20. The zero-order valence-corrected chi connectivity index (χ0v) is 25.3. The Morgan fingerprint density at radius 2 is 1.78 bits per heavy atom. The van der Waals surface area contributed by atoms with Gasteiger partial charge in [-0.25, -0.2) is 21.9 Å². The minimum Gasteiger partial charge on any atom is -0.481 e. The maximum atomic E-state index is 14.6. The quantitative estimate of drug-likeness (QED) is 0.307. The van der Waals surface area contributed by atoms with Gasteiger partial charge in [-0.1, -0.05) is 36.9 Å². The maximum absolute atomic E-state index is 14.6. The zero-order valence-electron chi connectivity index (χ0n) is 23.8. The number of hydrogen-bond acceptors (Lipinski definition) is 4. The Bertz CT molecular complexity index is 1420. The lowest BCUT2D eigenvalue weighted by molar-refractivity contribution is -0.145. The van der Waals surface area contributed by atoms with Crippen LogP contribution in [0.2, 0.25) is 5.02 Å². The van der Waals surface area contributed by atoms with E-state index in [1.54, 1.807) is 33.8 Å². The topological polar surface area (TPSA) is 118 Å². The summed E-state index contributed by atoms with van der Waals surface area (Å²) in [4.78, 5) is 24.0. The molecule has 4 rings (SSSR count). The number of halogens is 3. The molecule has 0 bridgehead atoms. The van der Waals surface area contributed by atoms with Crippen molar-refractivity contribution in [3.63, 3.8) is 0 Å². The molecule has 1 heterocycles. The van der Waals surface area contributed by atoms with Gasteiger partial charge in [-0.05, 0) is 71.4 Å². The number of amides is 1. The number of carbonyl (C=O) groups is 2. The highest BCUT2D eigenvalue weighted by Gasteiger charge is 2.36. The van der Waals surface area contributed by atoms with Crippen LogP contribution in [0.3, 0.4) is 0 Å². The Balaban J connectivity index is 1.78. The molecule has 0 atom stereocenters. The summed E-state index contributed by atoms with van der Waals surface area (Å²) in [5.41, 5.74) is -0.143. The van der Waals surface area contributed by atoms with Gasteiger partial charge in [0.2, 0.25) is 10.0 Å². The normalized spacial score (nSPS) is 20.2. The van der Waals surface area contributed by atoms with Crippen LogP contribution in [0.1, 0.15) is 93.8 Å². The smallest absolute Gasteiger partial charge is 0.306 e. The van der Waals surface area contributed by atoms with E-state index in [-0.39, 0.29) is 11.6 Å².